The first-order valence-electron chi connectivity index (χ1n) is 6.18. The lowest BCUT2D eigenvalue weighted by atomic mass is 10.1. The molecule has 2 aromatic rings. The second-order valence-corrected chi connectivity index (χ2v) is 4.49. The van der Waals surface area contributed by atoms with E-state index in [0.717, 1.165) is 17.0 Å². The van der Waals surface area contributed by atoms with Gasteiger partial charge in [0.25, 0.3) is 0 Å². The lowest BCUT2D eigenvalue weighted by Crippen LogP contribution is -2.05. The van der Waals surface area contributed by atoms with Crippen molar-refractivity contribution < 1.29 is 14.6 Å². The summed E-state index contributed by atoms with van der Waals surface area (Å²) in [5.74, 6) is -0.361. The van der Waals surface area contributed by atoms with Crippen LogP contribution in [0.3, 0.4) is 0 Å². The van der Waals surface area contributed by atoms with Gasteiger partial charge >= 0.3 is 5.97 Å². The highest BCUT2D eigenvalue weighted by atomic mass is 16.5. The van der Waals surface area contributed by atoms with Gasteiger partial charge in [-0.25, -0.2) is 4.79 Å². The van der Waals surface area contributed by atoms with Gasteiger partial charge in [0.15, 0.2) is 0 Å². The number of carboxylic acid groups (broad SMARTS) is 1. The number of aromatic nitrogens is 2. The molecular weight excluding hydrogens is 258 g/mol. The fourth-order valence-electron chi connectivity index (χ4n) is 2.00. The van der Waals surface area contributed by atoms with Crippen molar-refractivity contribution in [1.29, 1.82) is 0 Å². The van der Waals surface area contributed by atoms with Gasteiger partial charge in [0.05, 0.1) is 24.1 Å². The summed E-state index contributed by atoms with van der Waals surface area (Å²) in [6, 6.07) is 4.72. The van der Waals surface area contributed by atoms with Crippen LogP contribution in [0.5, 0.6) is 5.75 Å². The van der Waals surface area contributed by atoms with E-state index in [9.17, 15) is 4.79 Å². The number of rotatable bonds is 5. The summed E-state index contributed by atoms with van der Waals surface area (Å²) in [6.07, 6.45) is 0. The van der Waals surface area contributed by atoms with Crippen molar-refractivity contribution >= 4 is 11.7 Å². The monoisotopic (exact) mass is 275 g/mol. The fourth-order valence-corrected chi connectivity index (χ4v) is 2.00. The van der Waals surface area contributed by atoms with Crippen LogP contribution < -0.4 is 10.1 Å². The minimum Gasteiger partial charge on any atom is -0.495 e. The van der Waals surface area contributed by atoms with Gasteiger partial charge in [-0.05, 0) is 32.0 Å². The van der Waals surface area contributed by atoms with Gasteiger partial charge in [0.2, 0.25) is 0 Å². The van der Waals surface area contributed by atoms with Gasteiger partial charge in [-0.1, -0.05) is 0 Å². The number of carbonyl (C=O) groups is 1. The molecule has 0 radical (unpaired) electrons. The molecule has 0 aliphatic heterocycles. The topological polar surface area (TPSA) is 87.2 Å². The van der Waals surface area contributed by atoms with Crippen LogP contribution in [0.4, 0.5) is 5.69 Å². The SMILES string of the molecule is COc1ccc(C(=O)O)cc1NCc1c(C)n[nH]c1C. The second kappa shape index (κ2) is 5.64. The van der Waals surface area contributed by atoms with Crippen molar-refractivity contribution in [1.82, 2.24) is 10.2 Å². The summed E-state index contributed by atoms with van der Waals surface area (Å²) >= 11 is 0. The van der Waals surface area contributed by atoms with Crippen LogP contribution in [0.15, 0.2) is 18.2 Å². The van der Waals surface area contributed by atoms with Gasteiger partial charge in [-0.15, -0.1) is 0 Å². The van der Waals surface area contributed by atoms with Crippen LogP contribution in [0.25, 0.3) is 0 Å². The van der Waals surface area contributed by atoms with Gasteiger partial charge < -0.3 is 15.2 Å². The first-order chi connectivity index (χ1) is 9.52. The number of aromatic amines is 1. The number of nitrogens with one attached hydrogen (secondary N) is 2. The van der Waals surface area contributed by atoms with E-state index in [1.165, 1.54) is 6.07 Å². The molecule has 0 atom stereocenters. The van der Waals surface area contributed by atoms with Crippen LogP contribution in [0.1, 0.15) is 27.3 Å². The molecule has 1 heterocycles. The summed E-state index contributed by atoms with van der Waals surface area (Å²) in [4.78, 5) is 11.0. The molecule has 0 aliphatic carbocycles. The Bertz CT molecular complexity index is 615. The first kappa shape index (κ1) is 13.9. The molecule has 0 saturated carbocycles. The van der Waals surface area contributed by atoms with Crippen LogP contribution in [0.2, 0.25) is 0 Å². The number of hydrogen-bond donors (Lipinski definition) is 3. The normalized spacial score (nSPS) is 10.3. The van der Waals surface area contributed by atoms with Crippen LogP contribution in [-0.2, 0) is 6.54 Å². The summed E-state index contributed by atoms with van der Waals surface area (Å²) in [5, 5.41) is 19.3. The van der Waals surface area contributed by atoms with Gasteiger partial charge in [-0.2, -0.15) is 5.10 Å². The number of benzene rings is 1. The Balaban J connectivity index is 2.24. The average molecular weight is 275 g/mol. The number of H-pyrrole nitrogens is 1. The predicted molar refractivity (Wildman–Crippen MR) is 75.3 cm³/mol. The first-order valence-corrected chi connectivity index (χ1v) is 6.18. The van der Waals surface area contributed by atoms with Crippen molar-refractivity contribution in [2.45, 2.75) is 20.4 Å². The Morgan fingerprint density at radius 2 is 2.20 bits per heavy atom. The van der Waals surface area contributed by atoms with Crippen molar-refractivity contribution in [3.8, 4) is 5.75 Å². The molecular formula is C14H17N3O3. The van der Waals surface area contributed by atoms with Crippen molar-refractivity contribution in [2.24, 2.45) is 0 Å². The third-order valence-electron chi connectivity index (χ3n) is 3.18. The molecule has 0 spiro atoms. The van der Waals surface area contributed by atoms with E-state index in [1.54, 1.807) is 19.2 Å². The Labute approximate surface area is 116 Å². The number of hydrogen-bond acceptors (Lipinski definition) is 4. The third-order valence-corrected chi connectivity index (χ3v) is 3.18. The smallest absolute Gasteiger partial charge is 0.335 e. The maximum absolute atomic E-state index is 11.0. The molecule has 0 saturated heterocycles. The zero-order chi connectivity index (χ0) is 14.7. The molecule has 0 fully saturated rings. The van der Waals surface area contributed by atoms with E-state index in [2.05, 4.69) is 15.5 Å². The summed E-state index contributed by atoms with van der Waals surface area (Å²) < 4.78 is 5.23. The van der Waals surface area contributed by atoms with E-state index in [-0.39, 0.29) is 5.56 Å². The number of nitrogens with zero attached hydrogens (tertiary/aromatic N) is 1. The number of methoxy groups -OCH3 is 1. The molecule has 1 aromatic carbocycles. The number of carboxylic acids is 1. The molecule has 0 unspecified atom stereocenters. The van der Waals surface area contributed by atoms with E-state index in [0.29, 0.717) is 18.0 Å². The molecule has 20 heavy (non-hydrogen) atoms. The Morgan fingerprint density at radius 1 is 1.45 bits per heavy atom. The van der Waals surface area contributed by atoms with E-state index >= 15 is 0 Å². The lowest BCUT2D eigenvalue weighted by molar-refractivity contribution is 0.0697. The molecule has 0 bridgehead atoms. The highest BCUT2D eigenvalue weighted by Crippen LogP contribution is 2.26. The van der Waals surface area contributed by atoms with Crippen LogP contribution in [-0.4, -0.2) is 28.4 Å². The lowest BCUT2D eigenvalue weighted by Gasteiger charge is -2.12. The van der Waals surface area contributed by atoms with E-state index < -0.39 is 5.97 Å². The van der Waals surface area contributed by atoms with E-state index in [4.69, 9.17) is 9.84 Å². The Kier molecular flexibility index (Phi) is 3.93. The average Bonchev–Trinajstić information content (AvgIpc) is 2.75. The highest BCUT2D eigenvalue weighted by Gasteiger charge is 2.11. The molecule has 1 aromatic heterocycles. The third kappa shape index (κ3) is 2.74. The van der Waals surface area contributed by atoms with Crippen molar-refractivity contribution in [3.63, 3.8) is 0 Å². The van der Waals surface area contributed by atoms with Gasteiger partial charge in [0, 0.05) is 17.8 Å². The fraction of sp³-hybridized carbons (Fsp3) is 0.286. The molecule has 106 valence electrons. The number of anilines is 1. The maximum atomic E-state index is 11.0. The largest absolute Gasteiger partial charge is 0.495 e. The molecule has 0 amide bonds. The summed E-state index contributed by atoms with van der Waals surface area (Å²) in [7, 11) is 1.55. The Hall–Kier alpha value is -2.50. The zero-order valence-corrected chi connectivity index (χ0v) is 11.7. The van der Waals surface area contributed by atoms with Gasteiger partial charge in [-0.3, -0.25) is 5.10 Å². The molecule has 0 aliphatic rings. The number of aryl methyl sites for hydroxylation is 2. The molecule has 3 N–H and O–H groups in total. The maximum Gasteiger partial charge on any atom is 0.335 e. The van der Waals surface area contributed by atoms with E-state index in [1.807, 2.05) is 13.8 Å². The molecule has 6 nitrogen and oxygen atoms in total. The molecule has 6 heteroatoms. The summed E-state index contributed by atoms with van der Waals surface area (Å²) in [6.45, 7) is 4.42. The standard InChI is InChI=1S/C14H17N3O3/c1-8-11(9(2)17-16-8)7-15-12-6-10(14(18)19)4-5-13(12)20-3/h4-6,15H,7H2,1-3H3,(H,16,17)(H,18,19). The quantitative estimate of drug-likeness (QED) is 0.779. The second-order valence-electron chi connectivity index (χ2n) is 4.49. The van der Waals surface area contributed by atoms with Gasteiger partial charge in [0.1, 0.15) is 5.75 Å². The summed E-state index contributed by atoms with van der Waals surface area (Å²) in [5.41, 5.74) is 3.83. The van der Waals surface area contributed by atoms with Crippen LogP contribution in [0, 0.1) is 13.8 Å². The molecule has 2 rings (SSSR count). The number of ether oxygens (including phenoxy) is 1. The van der Waals surface area contributed by atoms with Crippen molar-refractivity contribution in [3.05, 3.63) is 40.7 Å². The Morgan fingerprint density at radius 3 is 2.75 bits per heavy atom. The predicted octanol–water partition coefficient (Wildman–Crippen LogP) is 2.35. The number of aromatic carboxylic acids is 1. The highest BCUT2D eigenvalue weighted by molar-refractivity contribution is 5.89. The van der Waals surface area contributed by atoms with Crippen molar-refractivity contribution in [2.75, 3.05) is 12.4 Å². The van der Waals surface area contributed by atoms with Crippen LogP contribution >= 0.6 is 0 Å². The minimum absolute atomic E-state index is 0.217. The zero-order valence-electron chi connectivity index (χ0n) is 11.7. The minimum atomic E-state index is -0.966.